The third-order valence-corrected chi connectivity index (χ3v) is 4.12. The molecule has 1 aromatic carbocycles. The van der Waals surface area contributed by atoms with Crippen molar-refractivity contribution in [2.75, 3.05) is 13.1 Å². The smallest absolute Gasteiger partial charge is 0.220 e. The molecule has 1 aliphatic rings. The van der Waals surface area contributed by atoms with Gasteiger partial charge in [-0.15, -0.1) is 0 Å². The van der Waals surface area contributed by atoms with E-state index in [-0.39, 0.29) is 11.9 Å². The summed E-state index contributed by atoms with van der Waals surface area (Å²) in [5.41, 5.74) is 2.22. The van der Waals surface area contributed by atoms with Gasteiger partial charge in [0.25, 0.3) is 0 Å². The van der Waals surface area contributed by atoms with E-state index in [0.717, 1.165) is 37.3 Å². The van der Waals surface area contributed by atoms with E-state index in [1.807, 2.05) is 24.3 Å². The fraction of sp³-hybridized carbons (Fsp3) is 0.444. The third-order valence-electron chi connectivity index (χ3n) is 4.12. The van der Waals surface area contributed by atoms with Gasteiger partial charge in [0.15, 0.2) is 11.7 Å². The van der Waals surface area contributed by atoms with Crippen LogP contribution in [0.15, 0.2) is 34.9 Å². The first-order valence-electron chi connectivity index (χ1n) is 8.22. The number of carbonyl (C=O) groups excluding carboxylic acids is 1. The summed E-state index contributed by atoms with van der Waals surface area (Å²) in [7, 11) is 0. The Bertz CT molecular complexity index is 643. The van der Waals surface area contributed by atoms with Gasteiger partial charge in [0.1, 0.15) is 0 Å². The highest BCUT2D eigenvalue weighted by Gasteiger charge is 2.16. The van der Waals surface area contributed by atoms with Crippen molar-refractivity contribution < 1.29 is 9.21 Å². The van der Waals surface area contributed by atoms with Crippen LogP contribution in [-0.4, -0.2) is 30.0 Å². The molecule has 1 amide bonds. The number of hydrogen-bond acceptors (Lipinski definition) is 4. The zero-order valence-corrected chi connectivity index (χ0v) is 13.5. The topological polar surface area (TPSA) is 67.2 Å². The lowest BCUT2D eigenvalue weighted by molar-refractivity contribution is -0.121. The van der Waals surface area contributed by atoms with E-state index in [1.165, 1.54) is 5.56 Å². The quantitative estimate of drug-likeness (QED) is 0.890. The first kappa shape index (κ1) is 15.7. The molecule has 1 saturated heterocycles. The number of nitrogens with one attached hydrogen (secondary N) is 2. The molecular weight excluding hydrogens is 290 g/mol. The number of nitrogens with zero attached hydrogens (tertiary/aromatic N) is 1. The SMILES string of the molecule is Cc1ccc(-c2cnc(CCC(=O)NC3CCCNC3)o2)cc1. The van der Waals surface area contributed by atoms with Crippen LogP contribution in [0.3, 0.4) is 0 Å². The van der Waals surface area contributed by atoms with Crippen molar-refractivity contribution in [3.63, 3.8) is 0 Å². The molecule has 0 radical (unpaired) electrons. The first-order valence-corrected chi connectivity index (χ1v) is 8.22. The highest BCUT2D eigenvalue weighted by Crippen LogP contribution is 2.21. The fourth-order valence-electron chi connectivity index (χ4n) is 2.77. The highest BCUT2D eigenvalue weighted by molar-refractivity contribution is 5.76. The van der Waals surface area contributed by atoms with Gasteiger partial charge in [-0.3, -0.25) is 4.79 Å². The Hall–Kier alpha value is -2.14. The molecule has 2 N–H and O–H groups in total. The van der Waals surface area contributed by atoms with Crippen molar-refractivity contribution in [1.29, 1.82) is 0 Å². The van der Waals surface area contributed by atoms with Gasteiger partial charge in [-0.1, -0.05) is 29.8 Å². The minimum Gasteiger partial charge on any atom is -0.441 e. The summed E-state index contributed by atoms with van der Waals surface area (Å²) in [6.07, 6.45) is 4.82. The molecule has 5 nitrogen and oxygen atoms in total. The first-order chi connectivity index (χ1) is 11.2. The lowest BCUT2D eigenvalue weighted by atomic mass is 10.1. The van der Waals surface area contributed by atoms with Crippen LogP contribution in [0.1, 0.15) is 30.7 Å². The van der Waals surface area contributed by atoms with Crippen molar-refractivity contribution in [2.24, 2.45) is 0 Å². The van der Waals surface area contributed by atoms with Crippen LogP contribution in [0, 0.1) is 6.92 Å². The predicted molar refractivity (Wildman–Crippen MR) is 89.0 cm³/mol. The van der Waals surface area contributed by atoms with Crippen molar-refractivity contribution >= 4 is 5.91 Å². The van der Waals surface area contributed by atoms with Gasteiger partial charge in [-0.2, -0.15) is 0 Å². The van der Waals surface area contributed by atoms with Crippen LogP contribution in [0.4, 0.5) is 0 Å². The Kier molecular flexibility index (Phi) is 5.08. The normalized spacial score (nSPS) is 17.9. The lowest BCUT2D eigenvalue weighted by Gasteiger charge is -2.23. The van der Waals surface area contributed by atoms with Gasteiger partial charge in [-0.25, -0.2) is 4.98 Å². The second-order valence-corrected chi connectivity index (χ2v) is 6.10. The van der Waals surface area contributed by atoms with Gasteiger partial charge < -0.3 is 15.1 Å². The maximum Gasteiger partial charge on any atom is 0.220 e. The molecule has 23 heavy (non-hydrogen) atoms. The molecule has 122 valence electrons. The fourth-order valence-corrected chi connectivity index (χ4v) is 2.77. The Balaban J connectivity index is 1.50. The molecule has 0 saturated carbocycles. The summed E-state index contributed by atoms with van der Waals surface area (Å²) in [5.74, 6) is 1.42. The summed E-state index contributed by atoms with van der Waals surface area (Å²) in [4.78, 5) is 16.3. The highest BCUT2D eigenvalue weighted by atomic mass is 16.4. The van der Waals surface area contributed by atoms with Crippen molar-refractivity contribution in [2.45, 2.75) is 38.6 Å². The van der Waals surface area contributed by atoms with Crippen LogP contribution >= 0.6 is 0 Å². The van der Waals surface area contributed by atoms with E-state index in [4.69, 9.17) is 4.42 Å². The van der Waals surface area contributed by atoms with Gasteiger partial charge >= 0.3 is 0 Å². The largest absolute Gasteiger partial charge is 0.441 e. The summed E-state index contributed by atoms with van der Waals surface area (Å²) >= 11 is 0. The molecule has 0 aliphatic carbocycles. The Morgan fingerprint density at radius 2 is 2.22 bits per heavy atom. The van der Waals surface area contributed by atoms with E-state index in [0.29, 0.717) is 18.7 Å². The van der Waals surface area contributed by atoms with Gasteiger partial charge in [0, 0.05) is 31.0 Å². The van der Waals surface area contributed by atoms with E-state index in [9.17, 15) is 4.79 Å². The molecule has 3 rings (SSSR count). The molecule has 1 aromatic heterocycles. The zero-order chi connectivity index (χ0) is 16.1. The summed E-state index contributed by atoms with van der Waals surface area (Å²) in [6.45, 7) is 3.96. The Morgan fingerprint density at radius 3 is 2.96 bits per heavy atom. The van der Waals surface area contributed by atoms with Crippen LogP contribution in [-0.2, 0) is 11.2 Å². The summed E-state index contributed by atoms with van der Waals surface area (Å²) in [6, 6.07) is 8.38. The van der Waals surface area contributed by atoms with Gasteiger partial charge in [0.05, 0.1) is 6.20 Å². The zero-order valence-electron chi connectivity index (χ0n) is 13.5. The number of hydrogen-bond donors (Lipinski definition) is 2. The predicted octanol–water partition coefficient (Wildman–Crippen LogP) is 2.45. The van der Waals surface area contributed by atoms with Gasteiger partial charge in [-0.05, 0) is 26.3 Å². The minimum atomic E-state index is 0.0637. The van der Waals surface area contributed by atoms with Crippen molar-refractivity contribution in [3.8, 4) is 11.3 Å². The maximum absolute atomic E-state index is 12.0. The average Bonchev–Trinajstić information content (AvgIpc) is 3.04. The van der Waals surface area contributed by atoms with Crippen molar-refractivity contribution in [3.05, 3.63) is 41.9 Å². The molecule has 0 spiro atoms. The molecule has 2 heterocycles. The van der Waals surface area contributed by atoms with E-state index >= 15 is 0 Å². The van der Waals surface area contributed by atoms with E-state index < -0.39 is 0 Å². The molecule has 2 aromatic rings. The third kappa shape index (κ3) is 4.42. The van der Waals surface area contributed by atoms with Crippen LogP contribution < -0.4 is 10.6 Å². The number of piperidine rings is 1. The number of oxazole rings is 1. The van der Waals surface area contributed by atoms with Crippen LogP contribution in [0.25, 0.3) is 11.3 Å². The number of carbonyl (C=O) groups is 1. The monoisotopic (exact) mass is 313 g/mol. The number of rotatable bonds is 5. The molecule has 1 unspecified atom stereocenters. The van der Waals surface area contributed by atoms with E-state index in [2.05, 4.69) is 22.5 Å². The lowest BCUT2D eigenvalue weighted by Crippen LogP contribution is -2.45. The number of benzene rings is 1. The number of aryl methyl sites for hydroxylation is 2. The molecule has 0 bridgehead atoms. The Morgan fingerprint density at radius 1 is 1.39 bits per heavy atom. The molecule has 1 atom stereocenters. The second-order valence-electron chi connectivity index (χ2n) is 6.10. The molecular formula is C18H23N3O2. The minimum absolute atomic E-state index is 0.0637. The molecule has 1 fully saturated rings. The maximum atomic E-state index is 12.0. The van der Waals surface area contributed by atoms with Crippen LogP contribution in [0.5, 0.6) is 0 Å². The van der Waals surface area contributed by atoms with Crippen molar-refractivity contribution in [1.82, 2.24) is 15.6 Å². The Labute approximate surface area is 136 Å². The number of aromatic nitrogens is 1. The second kappa shape index (κ2) is 7.42. The van der Waals surface area contributed by atoms with E-state index in [1.54, 1.807) is 6.20 Å². The average molecular weight is 313 g/mol. The van der Waals surface area contributed by atoms with Gasteiger partial charge in [0.2, 0.25) is 5.91 Å². The standard InChI is InChI=1S/C18H23N3O2/c1-13-4-6-14(7-5-13)16-12-20-18(23-16)9-8-17(22)21-15-3-2-10-19-11-15/h4-7,12,15,19H,2-3,8-11H2,1H3,(H,21,22). The summed E-state index contributed by atoms with van der Waals surface area (Å²) in [5, 5.41) is 6.36. The number of amides is 1. The molecule has 1 aliphatic heterocycles. The summed E-state index contributed by atoms with van der Waals surface area (Å²) < 4.78 is 5.75. The van der Waals surface area contributed by atoms with Crippen LogP contribution in [0.2, 0.25) is 0 Å². The molecule has 5 heteroatoms.